The maximum Gasteiger partial charge on any atom is 0.331 e. The van der Waals surface area contributed by atoms with Gasteiger partial charge < -0.3 is 15.2 Å². The van der Waals surface area contributed by atoms with E-state index in [1.54, 1.807) is 19.1 Å². The summed E-state index contributed by atoms with van der Waals surface area (Å²) in [5.74, 6) is -0.154. The number of fused-ring (bicyclic) bond motifs is 1. The van der Waals surface area contributed by atoms with Crippen molar-refractivity contribution >= 4 is 11.7 Å². The number of para-hydroxylation sites is 1. The van der Waals surface area contributed by atoms with Crippen molar-refractivity contribution in [2.45, 2.75) is 18.9 Å². The van der Waals surface area contributed by atoms with Crippen LogP contribution in [0.15, 0.2) is 18.2 Å². The average Bonchev–Trinajstić information content (AvgIpc) is 2.57. The molecule has 0 bridgehead atoms. The first kappa shape index (κ1) is 9.83. The zero-order valence-electron chi connectivity index (χ0n) is 8.70. The third kappa shape index (κ3) is 1.42. The van der Waals surface area contributed by atoms with Crippen LogP contribution in [0.4, 0.5) is 5.69 Å². The number of rotatable bonds is 1. The van der Waals surface area contributed by atoms with E-state index in [0.29, 0.717) is 12.1 Å². The summed E-state index contributed by atoms with van der Waals surface area (Å²) in [5.41, 5.74) is 0.795. The molecule has 0 spiro atoms. The number of anilines is 1. The van der Waals surface area contributed by atoms with Gasteiger partial charge >= 0.3 is 5.97 Å². The SMILES string of the molecule is COC(=O)C1(C)Cc2cccc(O)c2N1. The van der Waals surface area contributed by atoms with Crippen LogP contribution < -0.4 is 5.32 Å². The quantitative estimate of drug-likeness (QED) is 0.538. The van der Waals surface area contributed by atoms with Crippen LogP contribution in [0.1, 0.15) is 12.5 Å². The minimum Gasteiger partial charge on any atom is -0.506 e. The van der Waals surface area contributed by atoms with Crippen LogP contribution in [0.2, 0.25) is 0 Å². The first-order chi connectivity index (χ1) is 7.07. The molecule has 0 amide bonds. The number of phenols is 1. The Morgan fingerprint density at radius 2 is 2.33 bits per heavy atom. The average molecular weight is 207 g/mol. The first-order valence-electron chi connectivity index (χ1n) is 4.74. The van der Waals surface area contributed by atoms with Gasteiger partial charge in [0.15, 0.2) is 0 Å². The molecule has 4 nitrogen and oxygen atoms in total. The van der Waals surface area contributed by atoms with Gasteiger partial charge in [0.1, 0.15) is 11.3 Å². The number of nitrogens with one attached hydrogen (secondary N) is 1. The van der Waals surface area contributed by atoms with Crippen molar-refractivity contribution < 1.29 is 14.6 Å². The fourth-order valence-electron chi connectivity index (χ4n) is 1.93. The Morgan fingerprint density at radius 3 is 2.93 bits per heavy atom. The highest BCUT2D eigenvalue weighted by Gasteiger charge is 2.41. The minimum atomic E-state index is -0.768. The maximum atomic E-state index is 11.5. The van der Waals surface area contributed by atoms with Crippen LogP contribution in [-0.2, 0) is 16.0 Å². The van der Waals surface area contributed by atoms with Gasteiger partial charge in [0.05, 0.1) is 12.8 Å². The van der Waals surface area contributed by atoms with Gasteiger partial charge in [0.25, 0.3) is 0 Å². The number of hydrogen-bond acceptors (Lipinski definition) is 4. The Kier molecular flexibility index (Phi) is 2.07. The van der Waals surface area contributed by atoms with Gasteiger partial charge in [-0.05, 0) is 18.6 Å². The van der Waals surface area contributed by atoms with Crippen LogP contribution in [0.5, 0.6) is 5.75 Å². The number of benzene rings is 1. The van der Waals surface area contributed by atoms with Gasteiger partial charge in [-0.25, -0.2) is 4.79 Å². The minimum absolute atomic E-state index is 0.167. The zero-order chi connectivity index (χ0) is 11.1. The molecule has 0 aromatic heterocycles. The second kappa shape index (κ2) is 3.15. The van der Waals surface area contributed by atoms with E-state index >= 15 is 0 Å². The highest BCUT2D eigenvalue weighted by atomic mass is 16.5. The second-order valence-electron chi connectivity index (χ2n) is 3.94. The van der Waals surface area contributed by atoms with E-state index in [0.717, 1.165) is 5.56 Å². The topological polar surface area (TPSA) is 58.6 Å². The lowest BCUT2D eigenvalue weighted by atomic mass is 9.98. The van der Waals surface area contributed by atoms with Crippen LogP contribution >= 0.6 is 0 Å². The fourth-order valence-corrected chi connectivity index (χ4v) is 1.93. The zero-order valence-corrected chi connectivity index (χ0v) is 8.70. The molecule has 80 valence electrons. The molecule has 2 rings (SSSR count). The van der Waals surface area contributed by atoms with Gasteiger partial charge in [0.2, 0.25) is 0 Å². The molecule has 2 N–H and O–H groups in total. The van der Waals surface area contributed by atoms with Crippen molar-refractivity contribution in [1.29, 1.82) is 0 Å². The van der Waals surface area contributed by atoms with Crippen molar-refractivity contribution in [2.75, 3.05) is 12.4 Å². The van der Waals surface area contributed by atoms with E-state index in [9.17, 15) is 9.90 Å². The first-order valence-corrected chi connectivity index (χ1v) is 4.74. The molecule has 1 aliphatic rings. The molecule has 15 heavy (non-hydrogen) atoms. The summed E-state index contributed by atoms with van der Waals surface area (Å²) in [5, 5.41) is 12.6. The number of esters is 1. The molecule has 1 unspecified atom stereocenters. The van der Waals surface area contributed by atoms with Crippen molar-refractivity contribution in [2.24, 2.45) is 0 Å². The molecular weight excluding hydrogens is 194 g/mol. The van der Waals surface area contributed by atoms with Gasteiger partial charge in [-0.3, -0.25) is 0 Å². The Bertz CT molecular complexity index is 416. The molecule has 0 fully saturated rings. The molecule has 0 saturated carbocycles. The van der Waals surface area contributed by atoms with Crippen molar-refractivity contribution in [3.05, 3.63) is 23.8 Å². The van der Waals surface area contributed by atoms with E-state index in [1.807, 2.05) is 6.07 Å². The molecule has 1 heterocycles. The van der Waals surface area contributed by atoms with Gasteiger partial charge in [0, 0.05) is 6.42 Å². The highest BCUT2D eigenvalue weighted by molar-refractivity contribution is 5.88. The number of carbonyl (C=O) groups excluding carboxylic acids is 1. The summed E-state index contributed by atoms with van der Waals surface area (Å²) < 4.78 is 4.73. The maximum absolute atomic E-state index is 11.5. The predicted octanol–water partition coefficient (Wildman–Crippen LogP) is 1.29. The number of carbonyl (C=O) groups is 1. The summed E-state index contributed by atoms with van der Waals surface area (Å²) in [7, 11) is 1.36. The van der Waals surface area contributed by atoms with Crippen LogP contribution in [0.3, 0.4) is 0 Å². The number of phenolic OH excluding ortho intramolecular Hbond substituents is 1. The van der Waals surface area contributed by atoms with Crippen LogP contribution in [0, 0.1) is 0 Å². The molecule has 1 atom stereocenters. The molecule has 1 aliphatic heterocycles. The highest BCUT2D eigenvalue weighted by Crippen LogP contribution is 2.38. The molecular formula is C11H13NO3. The van der Waals surface area contributed by atoms with E-state index in [1.165, 1.54) is 7.11 Å². The normalized spacial score (nSPS) is 23.1. The van der Waals surface area contributed by atoms with Gasteiger partial charge in [-0.1, -0.05) is 12.1 Å². The summed E-state index contributed by atoms with van der Waals surface area (Å²) in [6.07, 6.45) is 0.531. The lowest BCUT2D eigenvalue weighted by Crippen LogP contribution is -2.42. The lowest BCUT2D eigenvalue weighted by molar-refractivity contribution is -0.145. The number of aromatic hydroxyl groups is 1. The molecule has 0 radical (unpaired) electrons. The van der Waals surface area contributed by atoms with E-state index in [-0.39, 0.29) is 11.7 Å². The second-order valence-corrected chi connectivity index (χ2v) is 3.94. The third-order valence-corrected chi connectivity index (χ3v) is 2.71. The van der Waals surface area contributed by atoms with Crippen LogP contribution in [-0.4, -0.2) is 23.7 Å². The molecule has 1 aromatic carbocycles. The fraction of sp³-hybridized carbons (Fsp3) is 0.364. The summed E-state index contributed by atoms with van der Waals surface area (Å²) in [6.45, 7) is 1.76. The number of ether oxygens (including phenoxy) is 1. The summed E-state index contributed by atoms with van der Waals surface area (Å²) in [4.78, 5) is 11.5. The van der Waals surface area contributed by atoms with E-state index < -0.39 is 5.54 Å². The Morgan fingerprint density at radius 1 is 1.60 bits per heavy atom. The Hall–Kier alpha value is -1.71. The van der Waals surface area contributed by atoms with Crippen molar-refractivity contribution in [3.8, 4) is 5.75 Å². The number of methoxy groups -OCH3 is 1. The van der Waals surface area contributed by atoms with E-state index in [4.69, 9.17) is 4.74 Å². The van der Waals surface area contributed by atoms with E-state index in [2.05, 4.69) is 5.32 Å². The van der Waals surface area contributed by atoms with Crippen LogP contribution in [0.25, 0.3) is 0 Å². The molecule has 4 heteroatoms. The van der Waals surface area contributed by atoms with Gasteiger partial charge in [-0.2, -0.15) is 0 Å². The van der Waals surface area contributed by atoms with Crippen molar-refractivity contribution in [3.63, 3.8) is 0 Å². The molecule has 1 aromatic rings. The number of hydrogen-bond donors (Lipinski definition) is 2. The Labute approximate surface area is 87.9 Å². The predicted molar refractivity (Wildman–Crippen MR) is 55.9 cm³/mol. The molecule has 0 aliphatic carbocycles. The molecule has 0 saturated heterocycles. The Balaban J connectivity index is 2.37. The monoisotopic (exact) mass is 207 g/mol. The summed E-state index contributed by atoms with van der Waals surface area (Å²) in [6, 6.07) is 5.24. The largest absolute Gasteiger partial charge is 0.506 e. The third-order valence-electron chi connectivity index (χ3n) is 2.71. The van der Waals surface area contributed by atoms with Crippen molar-refractivity contribution in [1.82, 2.24) is 0 Å². The summed E-state index contributed by atoms with van der Waals surface area (Å²) >= 11 is 0. The van der Waals surface area contributed by atoms with Gasteiger partial charge in [-0.15, -0.1) is 0 Å². The standard InChI is InChI=1S/C11H13NO3/c1-11(10(14)15-2)6-7-4-3-5-8(13)9(7)12-11/h3-5,12-13H,6H2,1-2H3. The smallest absolute Gasteiger partial charge is 0.331 e. The lowest BCUT2D eigenvalue weighted by Gasteiger charge is -2.21.